The van der Waals surface area contributed by atoms with Crippen molar-refractivity contribution in [3.05, 3.63) is 11.6 Å². The smallest absolute Gasteiger partial charge is 0.317 e. The summed E-state index contributed by atoms with van der Waals surface area (Å²) in [7, 11) is 0. The summed E-state index contributed by atoms with van der Waals surface area (Å²) in [6.07, 6.45) is -48.9. The molecule has 12 aliphatic rings. The molecule has 0 unspecified atom stereocenters. The third kappa shape index (κ3) is 15.2. The Morgan fingerprint density at radius 2 is 1.10 bits per heavy atom. The van der Waals surface area contributed by atoms with E-state index in [1.807, 2.05) is 34.6 Å². The van der Waals surface area contributed by atoms with Gasteiger partial charge in [-0.25, -0.2) is 0 Å². The van der Waals surface area contributed by atoms with Gasteiger partial charge in [0.2, 0.25) is 12.2 Å². The number of aliphatic hydroxyl groups excluding tert-OH is 18. The number of fused-ring (bicyclic) bond motifs is 7. The number of amides is 1. The van der Waals surface area contributed by atoms with Gasteiger partial charge in [0.25, 0.3) is 0 Å². The summed E-state index contributed by atoms with van der Waals surface area (Å²) < 4.78 is 89.2. The number of hydrogen-bond acceptors (Lipinski definition) is 37. The first-order valence-corrected chi connectivity index (χ1v) is 38.0. The fraction of sp³-hybridized carbons (Fsp3) is 0.931. The zero-order valence-corrected chi connectivity index (χ0v) is 62.9. The third-order valence-corrected chi connectivity index (χ3v) is 27.1. The fourth-order valence-corrected chi connectivity index (χ4v) is 20.5. The van der Waals surface area contributed by atoms with Crippen LogP contribution in [-0.2, 0) is 85.4 Å². The van der Waals surface area contributed by atoms with Crippen LogP contribution in [0.1, 0.15) is 114 Å². The number of aliphatic hydroxyl groups is 19. The van der Waals surface area contributed by atoms with Gasteiger partial charge in [-0.1, -0.05) is 60.1 Å². The van der Waals surface area contributed by atoms with Crippen molar-refractivity contribution in [2.45, 2.75) is 316 Å². The van der Waals surface area contributed by atoms with Crippen LogP contribution in [-0.4, -0.2) is 370 Å². The van der Waals surface area contributed by atoms with E-state index in [1.165, 1.54) is 6.92 Å². The van der Waals surface area contributed by atoms with Crippen molar-refractivity contribution in [2.24, 2.45) is 50.2 Å². The standard InChI is InChI=1S/C72H115NO37/c1-27(76)73-40-44(84)53(108-62-48(88)45(85)42(82)34(19-74)102-62)36(24-100-59-49(89)51(32(79)21-97-59)106-60-47(87)41(81)31(78)20-98-60)104-58(40)105-39-13-14-68(7)37(67(39,5)6)12-15-69(8)38(68)11-10-29-30-18-66(3,4)16-17-72(30,56(92)55(91)70(29,69)9)65(94)110-63-54(46(86)43(83)35(103-63)23-96-28(2)77)109-61-50(90)52(33(80)22-99-61)107-64-57(93)71(95,25-75)26-101-64/h10,30-64,74-75,78-93,95H,11-26H2,1-9H3,(H,73,76)/t30-,31+,32-,33+,34+,35+,36+,37-,38+,39-,40+,41-,42+,43+,44+,45-,46-,47+,48+,49+,50+,51-,52-,53+,54+,55-,56+,57-,58-,59-,60-,61-,62-,63-,64-,68-,69+,70-,71+,72+/m0/s1. The van der Waals surface area contributed by atoms with Crippen molar-refractivity contribution in [3.63, 3.8) is 0 Å². The van der Waals surface area contributed by atoms with E-state index in [1.54, 1.807) is 0 Å². The van der Waals surface area contributed by atoms with E-state index in [0.717, 1.165) is 6.92 Å². The van der Waals surface area contributed by atoms with Crippen LogP contribution in [0.15, 0.2) is 11.6 Å². The molecule has 38 heteroatoms. The zero-order valence-electron chi connectivity index (χ0n) is 62.9. The van der Waals surface area contributed by atoms with Crippen molar-refractivity contribution >= 4 is 17.8 Å². The highest BCUT2D eigenvalue weighted by atomic mass is 16.8. The van der Waals surface area contributed by atoms with Gasteiger partial charge in [0.1, 0.15) is 146 Å². The van der Waals surface area contributed by atoms with Crippen molar-refractivity contribution in [1.29, 1.82) is 0 Å². The molecule has 1 amide bonds. The molecular weight excluding hydrogens is 1470 g/mol. The van der Waals surface area contributed by atoms with Gasteiger partial charge in [-0.3, -0.25) is 14.4 Å². The number of nitrogens with one attached hydrogen (secondary N) is 1. The van der Waals surface area contributed by atoms with Gasteiger partial charge in [-0.05, 0) is 90.8 Å². The minimum absolute atomic E-state index is 0.0421. The lowest BCUT2D eigenvalue weighted by Gasteiger charge is -2.72. The second-order valence-electron chi connectivity index (χ2n) is 34.6. The van der Waals surface area contributed by atoms with Gasteiger partial charge >= 0.3 is 11.9 Å². The molecule has 0 aromatic rings. The van der Waals surface area contributed by atoms with E-state index in [-0.39, 0.29) is 18.3 Å². The number of hydrogen-bond donors (Lipinski definition) is 20. The van der Waals surface area contributed by atoms with Crippen LogP contribution in [0.25, 0.3) is 0 Å². The Hall–Kier alpha value is -3.13. The predicted molar refractivity (Wildman–Crippen MR) is 361 cm³/mol. The maximum absolute atomic E-state index is 15.9. The first kappa shape index (κ1) is 86.2. The number of allylic oxidation sites excluding steroid dienone is 1. The Bertz CT molecular complexity index is 3230. The number of carbonyl (C=O) groups excluding carboxylic acids is 3. The van der Waals surface area contributed by atoms with E-state index in [9.17, 15) is 107 Å². The third-order valence-electron chi connectivity index (χ3n) is 27.1. The maximum atomic E-state index is 15.9. The lowest BCUT2D eigenvalue weighted by atomic mass is 9.32. The van der Waals surface area contributed by atoms with Crippen LogP contribution in [0.2, 0.25) is 0 Å². The Labute approximate surface area is 634 Å². The number of esters is 2. The van der Waals surface area contributed by atoms with E-state index in [0.29, 0.717) is 50.5 Å². The molecular formula is C72H115NO37. The summed E-state index contributed by atoms with van der Waals surface area (Å²) in [5, 5.41) is 216. The lowest BCUT2D eigenvalue weighted by Crippen LogP contribution is -2.73. The molecule has 5 aliphatic carbocycles. The molecule has 0 spiro atoms. The number of ether oxygens (including phenoxy) is 15. The Morgan fingerprint density at radius 1 is 0.518 bits per heavy atom. The Morgan fingerprint density at radius 3 is 1.74 bits per heavy atom. The van der Waals surface area contributed by atoms with Crippen LogP contribution in [0.3, 0.4) is 0 Å². The van der Waals surface area contributed by atoms with Gasteiger partial charge in [0.15, 0.2) is 43.8 Å². The summed E-state index contributed by atoms with van der Waals surface area (Å²) in [6.45, 7) is 11.3. The highest BCUT2D eigenvalue weighted by Gasteiger charge is 2.75. The maximum Gasteiger partial charge on any atom is 0.317 e. The number of rotatable bonds is 20. The molecule has 0 aromatic heterocycles. The van der Waals surface area contributed by atoms with Gasteiger partial charge in [0.05, 0.1) is 64.6 Å². The highest BCUT2D eigenvalue weighted by molar-refractivity contribution is 5.80. The second kappa shape index (κ2) is 32.6. The monoisotopic (exact) mass is 1590 g/mol. The van der Waals surface area contributed by atoms with Crippen molar-refractivity contribution in [2.75, 3.05) is 52.9 Å². The SMILES string of the molecule is CC(=O)N[C@H]1[C@H](O[C@H]2CC[C@]3(C)[C@H]4CC=C5[C@@H]6CC(C)(C)CC[C@]6(C(=O)O[C@@H]6O[C@H](COC(C)=O)[C@@H](O)[C@H](O)[C@H]6O[C@@H]6OC[C@@H](O)[C@H](O[C@@H]7OC[C@](O)(CO)[C@H]7O)[C@H]6O)[C@H](O)[C@H](O)[C@@]5(C)[C@]4(C)CC[C@H]3C2(C)C)O[C@H](CO[C@@H]2OC[C@H](O)[C@H](O[C@@H]3OC[C@@H](O)[C@H](O)[C@H]3O)[C@H]2O)[C@@H](O[C@@H]2O[C@H](CO)[C@@H](O)[C@H](O)[C@H]2O)[C@@H]1O. The Kier molecular flexibility index (Phi) is 25.6. The molecule has 7 heterocycles. The van der Waals surface area contributed by atoms with Crippen molar-refractivity contribution in [1.82, 2.24) is 5.32 Å². The van der Waals surface area contributed by atoms with Crippen LogP contribution in [0.4, 0.5) is 0 Å². The van der Waals surface area contributed by atoms with Gasteiger partial charge in [-0.15, -0.1) is 0 Å². The van der Waals surface area contributed by atoms with Gasteiger partial charge < -0.3 is 173 Å². The van der Waals surface area contributed by atoms with Crippen molar-refractivity contribution < 1.29 is 182 Å². The first-order chi connectivity index (χ1) is 51.5. The van der Waals surface area contributed by atoms with Crippen LogP contribution < -0.4 is 5.32 Å². The minimum Gasteiger partial charge on any atom is -0.463 e. The normalized spacial score (nSPS) is 52.1. The molecule has 0 bridgehead atoms. The zero-order chi connectivity index (χ0) is 80.4. The highest BCUT2D eigenvalue weighted by Crippen LogP contribution is 2.76. The summed E-state index contributed by atoms with van der Waals surface area (Å²) in [5.41, 5.74) is -7.32. The van der Waals surface area contributed by atoms with Gasteiger partial charge in [0, 0.05) is 19.3 Å². The molecule has 630 valence electrons. The summed E-state index contributed by atoms with van der Waals surface area (Å²) >= 11 is 0. The van der Waals surface area contributed by atoms with Crippen LogP contribution >= 0.6 is 0 Å². The predicted octanol–water partition coefficient (Wildman–Crippen LogP) is -7.35. The molecule has 0 aromatic carbocycles. The Balaban J connectivity index is 0.801. The fourth-order valence-electron chi connectivity index (χ4n) is 20.5. The molecule has 4 saturated carbocycles. The molecule has 110 heavy (non-hydrogen) atoms. The molecule has 11 fully saturated rings. The summed E-state index contributed by atoms with van der Waals surface area (Å²) in [6, 6.07) is -1.48. The average Bonchev–Trinajstić information content (AvgIpc) is 0.669. The quantitative estimate of drug-likeness (QED) is 0.0306. The van der Waals surface area contributed by atoms with E-state index < -0.39 is 311 Å². The first-order valence-electron chi connectivity index (χ1n) is 38.0. The topological polar surface area (TPSA) is 586 Å². The molecule has 0 radical (unpaired) electrons. The van der Waals surface area contributed by atoms with E-state index >= 15 is 4.79 Å². The molecule has 7 aliphatic heterocycles. The number of carbonyl (C=O) groups is 3. The van der Waals surface area contributed by atoms with Crippen molar-refractivity contribution in [3.8, 4) is 0 Å². The molecule has 20 N–H and O–H groups in total. The minimum atomic E-state index is -2.16. The molecule has 40 atom stereocenters. The van der Waals surface area contributed by atoms with E-state index in [4.69, 9.17) is 71.1 Å². The molecule has 12 rings (SSSR count). The second-order valence-corrected chi connectivity index (χ2v) is 34.6. The lowest BCUT2D eigenvalue weighted by molar-refractivity contribution is -0.364. The van der Waals surface area contributed by atoms with Crippen LogP contribution in [0.5, 0.6) is 0 Å². The average molecular weight is 1590 g/mol. The van der Waals surface area contributed by atoms with Crippen LogP contribution in [0, 0.1) is 50.2 Å². The van der Waals surface area contributed by atoms with Gasteiger partial charge in [-0.2, -0.15) is 0 Å². The van der Waals surface area contributed by atoms with E-state index in [2.05, 4.69) is 25.2 Å². The molecule has 38 nitrogen and oxygen atoms in total. The largest absolute Gasteiger partial charge is 0.463 e. The summed E-state index contributed by atoms with van der Waals surface area (Å²) in [5.74, 6) is -3.80. The summed E-state index contributed by atoms with van der Waals surface area (Å²) in [4.78, 5) is 41.3. The molecule has 7 saturated heterocycles.